The largest absolute Gasteiger partial charge is 0.454 e. The molecular formula is C22H26ClN3O3. The Morgan fingerprint density at radius 3 is 2.62 bits per heavy atom. The molecular weight excluding hydrogens is 390 g/mol. The summed E-state index contributed by atoms with van der Waals surface area (Å²) in [5, 5.41) is 3.86. The van der Waals surface area contributed by atoms with Gasteiger partial charge in [-0.2, -0.15) is 0 Å². The van der Waals surface area contributed by atoms with Gasteiger partial charge in [0.15, 0.2) is 11.5 Å². The van der Waals surface area contributed by atoms with Crippen molar-refractivity contribution in [2.24, 2.45) is 0 Å². The van der Waals surface area contributed by atoms with Crippen molar-refractivity contribution in [2.75, 3.05) is 39.5 Å². The maximum atomic E-state index is 12.5. The Morgan fingerprint density at radius 2 is 1.83 bits per heavy atom. The number of hydrogen-bond acceptors (Lipinski definition) is 5. The maximum Gasteiger partial charge on any atom is 0.234 e. The number of carbonyl (C=O) groups excluding carboxylic acids is 1. The number of carbonyl (C=O) groups is 1. The van der Waals surface area contributed by atoms with Crippen LogP contribution in [0.3, 0.4) is 0 Å². The van der Waals surface area contributed by atoms with Crippen LogP contribution in [-0.2, 0) is 11.3 Å². The van der Waals surface area contributed by atoms with Crippen LogP contribution in [0.5, 0.6) is 11.5 Å². The number of hydrogen-bond donors (Lipinski definition) is 1. The molecule has 2 aromatic rings. The van der Waals surface area contributed by atoms with Crippen LogP contribution >= 0.6 is 11.6 Å². The Hall–Kier alpha value is -2.28. The standard InChI is InChI=1S/C22H26ClN3O3/c1-16(18-5-6-20-21(12-18)29-15-28-20)24-22(27)14-26-9-7-25(8-10-26)13-17-3-2-4-19(23)11-17/h2-6,11-12,16H,7-10,13-15H2,1H3,(H,24,27)/t16-/m0/s1. The molecule has 1 amide bonds. The molecule has 0 spiro atoms. The SMILES string of the molecule is C[C@H](NC(=O)CN1CCN(Cc2cccc(Cl)c2)CC1)c1ccc2c(c1)OCO2. The van der Waals surface area contributed by atoms with Gasteiger partial charge in [0.05, 0.1) is 12.6 Å². The molecule has 29 heavy (non-hydrogen) atoms. The van der Waals surface area contributed by atoms with Crippen molar-refractivity contribution in [3.05, 3.63) is 58.6 Å². The third kappa shape index (κ3) is 5.21. The third-order valence-electron chi connectivity index (χ3n) is 5.40. The highest BCUT2D eigenvalue weighted by atomic mass is 35.5. The van der Waals surface area contributed by atoms with Gasteiger partial charge in [0.2, 0.25) is 12.7 Å². The van der Waals surface area contributed by atoms with Crippen LogP contribution in [0.15, 0.2) is 42.5 Å². The summed E-state index contributed by atoms with van der Waals surface area (Å²) in [4.78, 5) is 17.1. The molecule has 2 heterocycles. The number of nitrogens with zero attached hydrogens (tertiary/aromatic N) is 2. The highest BCUT2D eigenvalue weighted by molar-refractivity contribution is 6.30. The number of piperazine rings is 1. The van der Waals surface area contributed by atoms with Crippen molar-refractivity contribution < 1.29 is 14.3 Å². The Morgan fingerprint density at radius 1 is 1.07 bits per heavy atom. The second-order valence-electron chi connectivity index (χ2n) is 7.58. The van der Waals surface area contributed by atoms with Crippen molar-refractivity contribution >= 4 is 17.5 Å². The fourth-order valence-electron chi connectivity index (χ4n) is 3.76. The molecule has 0 radical (unpaired) electrons. The third-order valence-corrected chi connectivity index (χ3v) is 5.64. The minimum Gasteiger partial charge on any atom is -0.454 e. The van der Waals surface area contributed by atoms with Crippen molar-refractivity contribution in [3.63, 3.8) is 0 Å². The molecule has 0 aromatic heterocycles. The van der Waals surface area contributed by atoms with Crippen LogP contribution in [0.1, 0.15) is 24.1 Å². The van der Waals surface area contributed by atoms with Crippen molar-refractivity contribution in [2.45, 2.75) is 19.5 Å². The summed E-state index contributed by atoms with van der Waals surface area (Å²) >= 11 is 6.07. The van der Waals surface area contributed by atoms with Gasteiger partial charge in [-0.15, -0.1) is 0 Å². The lowest BCUT2D eigenvalue weighted by atomic mass is 10.1. The molecule has 0 bridgehead atoms. The van der Waals surface area contributed by atoms with Crippen molar-refractivity contribution in [3.8, 4) is 11.5 Å². The second-order valence-corrected chi connectivity index (χ2v) is 8.02. The highest BCUT2D eigenvalue weighted by Crippen LogP contribution is 2.34. The molecule has 0 saturated carbocycles. The van der Waals surface area contributed by atoms with Crippen LogP contribution in [0.4, 0.5) is 0 Å². The molecule has 0 unspecified atom stereocenters. The van der Waals surface area contributed by atoms with E-state index < -0.39 is 0 Å². The van der Waals surface area contributed by atoms with E-state index in [1.54, 1.807) is 0 Å². The van der Waals surface area contributed by atoms with Gasteiger partial charge in [-0.1, -0.05) is 29.8 Å². The monoisotopic (exact) mass is 415 g/mol. The quantitative estimate of drug-likeness (QED) is 0.785. The average molecular weight is 416 g/mol. The number of benzene rings is 2. The second kappa shape index (κ2) is 9.03. The van der Waals surface area contributed by atoms with Gasteiger partial charge < -0.3 is 14.8 Å². The zero-order valence-corrected chi connectivity index (χ0v) is 17.3. The molecule has 2 aliphatic heterocycles. The fraction of sp³-hybridized carbons (Fsp3) is 0.409. The first-order valence-electron chi connectivity index (χ1n) is 9.95. The van der Waals surface area contributed by atoms with E-state index >= 15 is 0 Å². The van der Waals surface area contributed by atoms with Crippen LogP contribution in [0.25, 0.3) is 0 Å². The lowest BCUT2D eigenvalue weighted by Crippen LogP contribution is -2.49. The molecule has 154 valence electrons. The normalized spacial score (nSPS) is 17.9. The van der Waals surface area contributed by atoms with Gasteiger partial charge in [-0.05, 0) is 42.3 Å². The predicted molar refractivity (Wildman–Crippen MR) is 112 cm³/mol. The highest BCUT2D eigenvalue weighted by Gasteiger charge is 2.21. The van der Waals surface area contributed by atoms with Crippen molar-refractivity contribution in [1.82, 2.24) is 15.1 Å². The van der Waals surface area contributed by atoms with Crippen LogP contribution in [-0.4, -0.2) is 55.2 Å². The number of halogens is 1. The molecule has 1 saturated heterocycles. The van der Waals surface area contributed by atoms with Gasteiger partial charge in [-0.25, -0.2) is 0 Å². The Bertz CT molecular complexity index is 868. The van der Waals surface area contributed by atoms with E-state index in [9.17, 15) is 4.79 Å². The molecule has 1 fully saturated rings. The molecule has 1 atom stereocenters. The summed E-state index contributed by atoms with van der Waals surface area (Å²) in [6.45, 7) is 7.19. The zero-order chi connectivity index (χ0) is 20.2. The zero-order valence-electron chi connectivity index (χ0n) is 16.6. The lowest BCUT2D eigenvalue weighted by Gasteiger charge is -2.34. The molecule has 2 aromatic carbocycles. The number of fused-ring (bicyclic) bond motifs is 1. The number of nitrogens with one attached hydrogen (secondary N) is 1. The minimum absolute atomic E-state index is 0.0402. The first-order chi connectivity index (χ1) is 14.1. The summed E-state index contributed by atoms with van der Waals surface area (Å²) in [6, 6.07) is 13.7. The van der Waals surface area contributed by atoms with E-state index in [1.165, 1.54) is 5.56 Å². The molecule has 6 nitrogen and oxygen atoms in total. The minimum atomic E-state index is -0.0823. The number of ether oxygens (including phenoxy) is 2. The Labute approximate surface area is 176 Å². The van der Waals surface area contributed by atoms with Gasteiger partial charge in [-0.3, -0.25) is 14.6 Å². The summed E-state index contributed by atoms with van der Waals surface area (Å²) in [6.07, 6.45) is 0. The topological polar surface area (TPSA) is 54.0 Å². The van der Waals surface area contributed by atoms with E-state index in [0.717, 1.165) is 54.8 Å². The molecule has 1 N–H and O–H groups in total. The van der Waals surface area contributed by atoms with Crippen molar-refractivity contribution in [1.29, 1.82) is 0 Å². The van der Waals surface area contributed by atoms with Gasteiger partial charge in [0.25, 0.3) is 0 Å². The Kier molecular flexibility index (Phi) is 6.23. The first-order valence-corrected chi connectivity index (χ1v) is 10.3. The molecule has 2 aliphatic rings. The molecule has 0 aliphatic carbocycles. The fourth-order valence-corrected chi connectivity index (χ4v) is 3.97. The van der Waals surface area contributed by atoms with E-state index in [-0.39, 0.29) is 18.7 Å². The predicted octanol–water partition coefficient (Wildman–Crippen LogP) is 3.06. The van der Waals surface area contributed by atoms with Crippen LogP contribution in [0.2, 0.25) is 5.02 Å². The summed E-state index contributed by atoms with van der Waals surface area (Å²) < 4.78 is 10.8. The summed E-state index contributed by atoms with van der Waals surface area (Å²) in [5.74, 6) is 1.53. The molecule has 4 rings (SSSR count). The summed E-state index contributed by atoms with van der Waals surface area (Å²) in [5.41, 5.74) is 2.23. The van der Waals surface area contributed by atoms with E-state index in [1.807, 2.05) is 43.3 Å². The smallest absolute Gasteiger partial charge is 0.234 e. The molecule has 7 heteroatoms. The lowest BCUT2D eigenvalue weighted by molar-refractivity contribution is -0.123. The van der Waals surface area contributed by atoms with Gasteiger partial charge in [0, 0.05) is 37.7 Å². The van der Waals surface area contributed by atoms with Crippen LogP contribution in [0, 0.1) is 0 Å². The van der Waals surface area contributed by atoms with E-state index in [2.05, 4.69) is 21.2 Å². The number of rotatable bonds is 6. The van der Waals surface area contributed by atoms with Crippen LogP contribution < -0.4 is 14.8 Å². The average Bonchev–Trinajstić information content (AvgIpc) is 3.17. The van der Waals surface area contributed by atoms with E-state index in [4.69, 9.17) is 21.1 Å². The maximum absolute atomic E-state index is 12.5. The summed E-state index contributed by atoms with van der Waals surface area (Å²) in [7, 11) is 0. The number of amides is 1. The van der Waals surface area contributed by atoms with Gasteiger partial charge in [0.1, 0.15) is 0 Å². The Balaban J connectivity index is 1.22. The first kappa shape index (κ1) is 20.0. The van der Waals surface area contributed by atoms with Gasteiger partial charge >= 0.3 is 0 Å². The van der Waals surface area contributed by atoms with E-state index in [0.29, 0.717) is 6.54 Å².